The molecule has 0 spiro atoms. The average molecular weight is 281 g/mol. The van der Waals surface area contributed by atoms with Gasteiger partial charge >= 0.3 is 6.09 Å². The predicted molar refractivity (Wildman–Crippen MR) is 77.4 cm³/mol. The molecular weight excluding hydrogens is 254 g/mol. The highest BCUT2D eigenvalue weighted by molar-refractivity contribution is 5.70. The molecule has 0 heterocycles. The molecule has 0 aromatic heterocycles. The van der Waals surface area contributed by atoms with E-state index in [-0.39, 0.29) is 5.41 Å². The summed E-state index contributed by atoms with van der Waals surface area (Å²) in [5.74, 6) is 1.10. The molecular formula is C16H27NO3. The van der Waals surface area contributed by atoms with Crippen molar-refractivity contribution in [2.24, 2.45) is 17.3 Å². The van der Waals surface area contributed by atoms with Crippen molar-refractivity contribution in [3.05, 3.63) is 0 Å². The Morgan fingerprint density at radius 2 is 2.05 bits per heavy atom. The molecule has 3 aliphatic carbocycles. The first-order chi connectivity index (χ1) is 9.11. The Balaban J connectivity index is 2.14. The smallest absolute Gasteiger partial charge is 0.408 e. The van der Waals surface area contributed by atoms with Crippen LogP contribution >= 0.6 is 0 Å². The summed E-state index contributed by atoms with van der Waals surface area (Å²) in [6.07, 6.45) is 3.98. The van der Waals surface area contributed by atoms with Gasteiger partial charge in [-0.1, -0.05) is 13.8 Å². The normalized spacial score (nSPS) is 34.9. The van der Waals surface area contributed by atoms with Crippen molar-refractivity contribution in [1.29, 1.82) is 0 Å². The van der Waals surface area contributed by atoms with E-state index in [9.17, 15) is 9.59 Å². The number of nitrogens with one attached hydrogen (secondary N) is 1. The number of rotatable bonds is 3. The number of amides is 1. The number of carbonyl (C=O) groups is 2. The van der Waals surface area contributed by atoms with E-state index >= 15 is 0 Å². The highest BCUT2D eigenvalue weighted by atomic mass is 16.6. The molecule has 3 fully saturated rings. The van der Waals surface area contributed by atoms with Crippen LogP contribution in [0.5, 0.6) is 0 Å². The van der Waals surface area contributed by atoms with E-state index in [1.807, 2.05) is 20.8 Å². The van der Waals surface area contributed by atoms with Gasteiger partial charge in [0.05, 0.1) is 5.54 Å². The zero-order valence-electron chi connectivity index (χ0n) is 13.3. The van der Waals surface area contributed by atoms with Crippen LogP contribution in [-0.2, 0) is 9.53 Å². The summed E-state index contributed by atoms with van der Waals surface area (Å²) in [6.45, 7) is 10.1. The Labute approximate surface area is 121 Å². The summed E-state index contributed by atoms with van der Waals surface area (Å²) in [5, 5.41) is 3.04. The fourth-order valence-electron chi connectivity index (χ4n) is 4.15. The van der Waals surface area contributed by atoms with Crippen LogP contribution in [0.4, 0.5) is 4.79 Å². The van der Waals surface area contributed by atoms with E-state index in [0.29, 0.717) is 12.3 Å². The van der Waals surface area contributed by atoms with Crippen molar-refractivity contribution in [3.63, 3.8) is 0 Å². The Kier molecular flexibility index (Phi) is 3.64. The van der Waals surface area contributed by atoms with Crippen LogP contribution in [0, 0.1) is 17.3 Å². The van der Waals surface area contributed by atoms with Gasteiger partial charge in [0.2, 0.25) is 0 Å². The van der Waals surface area contributed by atoms with Crippen LogP contribution in [0.2, 0.25) is 0 Å². The molecule has 3 atom stereocenters. The van der Waals surface area contributed by atoms with Crippen LogP contribution in [-0.4, -0.2) is 23.5 Å². The van der Waals surface area contributed by atoms with E-state index in [4.69, 9.17) is 4.74 Å². The molecule has 0 aromatic rings. The van der Waals surface area contributed by atoms with Crippen molar-refractivity contribution in [1.82, 2.24) is 5.32 Å². The zero-order valence-corrected chi connectivity index (χ0v) is 13.3. The van der Waals surface area contributed by atoms with Gasteiger partial charge < -0.3 is 14.8 Å². The van der Waals surface area contributed by atoms with E-state index in [1.54, 1.807) is 0 Å². The van der Waals surface area contributed by atoms with Crippen LogP contribution < -0.4 is 5.32 Å². The lowest BCUT2D eigenvalue weighted by molar-refractivity contribution is -0.137. The predicted octanol–water partition coefficient (Wildman–Crippen LogP) is 3.30. The summed E-state index contributed by atoms with van der Waals surface area (Å²) >= 11 is 0. The maximum absolute atomic E-state index is 12.1. The molecule has 114 valence electrons. The third-order valence-corrected chi connectivity index (χ3v) is 5.27. The van der Waals surface area contributed by atoms with Gasteiger partial charge in [0.25, 0.3) is 0 Å². The fourth-order valence-corrected chi connectivity index (χ4v) is 4.15. The number of ether oxygens (including phenoxy) is 1. The Bertz CT molecular complexity index is 408. The van der Waals surface area contributed by atoms with Crippen LogP contribution in [0.3, 0.4) is 0 Å². The molecule has 0 aromatic carbocycles. The second kappa shape index (κ2) is 4.74. The lowest BCUT2D eigenvalue weighted by Gasteiger charge is -2.64. The molecule has 2 bridgehead atoms. The number of alkyl carbamates (subject to hydrolysis) is 1. The number of aldehydes is 1. The van der Waals surface area contributed by atoms with Crippen molar-refractivity contribution >= 4 is 12.4 Å². The van der Waals surface area contributed by atoms with Crippen molar-refractivity contribution in [2.45, 2.75) is 71.4 Å². The van der Waals surface area contributed by atoms with Gasteiger partial charge in [-0.25, -0.2) is 4.79 Å². The van der Waals surface area contributed by atoms with Gasteiger partial charge in [0.1, 0.15) is 11.9 Å². The maximum Gasteiger partial charge on any atom is 0.408 e. The first-order valence-electron chi connectivity index (χ1n) is 7.55. The van der Waals surface area contributed by atoms with E-state index in [1.165, 1.54) is 0 Å². The summed E-state index contributed by atoms with van der Waals surface area (Å²) in [7, 11) is 0. The SMILES string of the molecule is CC(C)(C)OC(=O)NC1(CC=O)CCC2CC1C2(C)C. The Morgan fingerprint density at radius 1 is 1.40 bits per heavy atom. The number of hydrogen-bond donors (Lipinski definition) is 1. The van der Waals surface area contributed by atoms with Gasteiger partial charge in [-0.05, 0) is 57.3 Å². The fraction of sp³-hybridized carbons (Fsp3) is 0.875. The van der Waals surface area contributed by atoms with Gasteiger partial charge in [-0.2, -0.15) is 0 Å². The third-order valence-electron chi connectivity index (χ3n) is 5.27. The molecule has 3 unspecified atom stereocenters. The molecule has 4 nitrogen and oxygen atoms in total. The lowest BCUT2D eigenvalue weighted by atomic mass is 9.42. The Morgan fingerprint density at radius 3 is 2.50 bits per heavy atom. The van der Waals surface area contributed by atoms with E-state index in [0.717, 1.165) is 31.5 Å². The molecule has 1 amide bonds. The quantitative estimate of drug-likeness (QED) is 0.808. The minimum atomic E-state index is -0.515. The monoisotopic (exact) mass is 281 g/mol. The van der Waals surface area contributed by atoms with Gasteiger partial charge in [-0.3, -0.25) is 0 Å². The molecule has 0 radical (unpaired) electrons. The highest BCUT2D eigenvalue weighted by Crippen LogP contribution is 2.63. The van der Waals surface area contributed by atoms with Crippen LogP contribution in [0.1, 0.15) is 60.3 Å². The van der Waals surface area contributed by atoms with Gasteiger partial charge in [0.15, 0.2) is 0 Å². The second-order valence-corrected chi connectivity index (χ2v) is 8.00. The van der Waals surface area contributed by atoms with Crippen molar-refractivity contribution in [2.75, 3.05) is 0 Å². The molecule has 3 rings (SSSR count). The first kappa shape index (κ1) is 15.3. The molecule has 0 saturated heterocycles. The minimum absolute atomic E-state index is 0.205. The summed E-state index contributed by atoms with van der Waals surface area (Å²) in [6, 6.07) is 0. The molecule has 4 heteroatoms. The lowest BCUT2D eigenvalue weighted by Crippen LogP contribution is -2.68. The number of carbonyl (C=O) groups excluding carboxylic acids is 2. The molecule has 0 aliphatic heterocycles. The average Bonchev–Trinajstić information content (AvgIpc) is 2.25. The third kappa shape index (κ3) is 2.57. The van der Waals surface area contributed by atoms with Crippen molar-refractivity contribution in [3.8, 4) is 0 Å². The summed E-state index contributed by atoms with van der Waals surface area (Å²) in [5.41, 5.74) is -0.725. The molecule has 3 saturated carbocycles. The van der Waals surface area contributed by atoms with E-state index < -0.39 is 17.2 Å². The number of fused-ring (bicyclic) bond motifs is 2. The number of hydrogen-bond acceptors (Lipinski definition) is 3. The van der Waals surface area contributed by atoms with E-state index in [2.05, 4.69) is 19.2 Å². The zero-order chi connectivity index (χ0) is 15.2. The Hall–Kier alpha value is -1.06. The molecule has 1 N–H and O–H groups in total. The molecule has 20 heavy (non-hydrogen) atoms. The maximum atomic E-state index is 12.1. The van der Waals surface area contributed by atoms with Gasteiger partial charge in [-0.15, -0.1) is 0 Å². The summed E-state index contributed by atoms with van der Waals surface area (Å²) in [4.78, 5) is 23.3. The van der Waals surface area contributed by atoms with Crippen LogP contribution in [0.15, 0.2) is 0 Å². The van der Waals surface area contributed by atoms with Gasteiger partial charge in [0, 0.05) is 6.42 Å². The minimum Gasteiger partial charge on any atom is -0.444 e. The first-order valence-corrected chi connectivity index (χ1v) is 7.55. The largest absolute Gasteiger partial charge is 0.444 e. The standard InChI is InChI=1S/C16H27NO3/c1-14(2,3)20-13(19)17-16(8-9-18)7-6-11-10-12(16)15(11,4)5/h9,11-12H,6-8,10H2,1-5H3,(H,17,19). The van der Waals surface area contributed by atoms with Crippen molar-refractivity contribution < 1.29 is 14.3 Å². The summed E-state index contributed by atoms with van der Waals surface area (Å²) < 4.78 is 5.38. The topological polar surface area (TPSA) is 55.4 Å². The highest BCUT2D eigenvalue weighted by Gasteiger charge is 2.61. The molecule has 3 aliphatic rings. The van der Waals surface area contributed by atoms with Crippen LogP contribution in [0.25, 0.3) is 0 Å². The second-order valence-electron chi connectivity index (χ2n) is 8.00.